The third-order valence-corrected chi connectivity index (χ3v) is 10.0. The van der Waals surface area contributed by atoms with Crippen LogP contribution in [0.25, 0.3) is 0 Å². The van der Waals surface area contributed by atoms with Crippen LogP contribution in [0.4, 0.5) is 0 Å². The van der Waals surface area contributed by atoms with Gasteiger partial charge in [-0.25, -0.2) is 0 Å². The Balaban J connectivity index is 3.07. The maximum absolute atomic E-state index is 5.79. The molecular weight excluding hydrogens is 683 g/mol. The second kappa shape index (κ2) is 7.98. The van der Waals surface area contributed by atoms with E-state index in [4.69, 9.17) is 4.74 Å². The van der Waals surface area contributed by atoms with Crippen LogP contribution in [0.1, 0.15) is 0 Å². The summed E-state index contributed by atoms with van der Waals surface area (Å²) in [6.07, 6.45) is 0. The summed E-state index contributed by atoms with van der Waals surface area (Å²) in [4.78, 5) is 0.266. The van der Waals surface area contributed by atoms with Gasteiger partial charge in [0.25, 0.3) is 0 Å². The Morgan fingerprint density at radius 3 is 1.65 bits per heavy atom. The molecule has 0 saturated heterocycles. The van der Waals surface area contributed by atoms with Crippen LogP contribution in [-0.4, -0.2) is 16.8 Å². The highest BCUT2D eigenvalue weighted by atomic mass is 79.9. The van der Waals surface area contributed by atoms with E-state index in [1.807, 2.05) is 0 Å². The van der Waals surface area contributed by atoms with Crippen molar-refractivity contribution in [2.24, 2.45) is 0 Å². The molecule has 0 spiro atoms. The van der Waals surface area contributed by atoms with E-state index in [1.165, 1.54) is 0 Å². The molecular formula is C9H5Br7O. The monoisotopic (exact) mass is 681 g/mol. The summed E-state index contributed by atoms with van der Waals surface area (Å²) in [6, 6.07) is 0. The summed E-state index contributed by atoms with van der Waals surface area (Å²) < 4.78 is 10.3. The zero-order chi connectivity index (χ0) is 13.2. The Hall–Kier alpha value is 2.38. The van der Waals surface area contributed by atoms with Crippen molar-refractivity contribution >= 4 is 112 Å². The van der Waals surface area contributed by atoms with Crippen molar-refractivity contribution in [1.82, 2.24) is 0 Å². The Morgan fingerprint density at radius 2 is 1.24 bits per heavy atom. The van der Waals surface area contributed by atoms with Crippen LogP contribution in [0.5, 0.6) is 5.75 Å². The van der Waals surface area contributed by atoms with Crippen molar-refractivity contribution in [1.29, 1.82) is 0 Å². The molecule has 0 N–H and O–H groups in total. The standard InChI is InChI=1S/C9H5Br7O/c10-1-3(11)2-17-9-7(15)5(13)4(12)6(14)8(9)16/h3H,1-2H2/t3-/m1/s1. The molecule has 0 aliphatic heterocycles. The van der Waals surface area contributed by atoms with Gasteiger partial charge in [-0.3, -0.25) is 0 Å². The molecule has 0 fully saturated rings. The maximum Gasteiger partial charge on any atom is 0.150 e. The van der Waals surface area contributed by atoms with Crippen LogP contribution in [0.15, 0.2) is 22.4 Å². The minimum Gasteiger partial charge on any atom is -0.490 e. The first-order valence-electron chi connectivity index (χ1n) is 4.24. The second-order valence-electron chi connectivity index (χ2n) is 2.96. The molecule has 0 heterocycles. The minimum absolute atomic E-state index is 0.266. The number of rotatable bonds is 4. The SMILES string of the molecule is BrC[C@@H](Br)COc1c(Br)c(Br)c(Br)c(Br)c1Br. The zero-order valence-electron chi connectivity index (χ0n) is 8.05. The molecule has 0 saturated carbocycles. The van der Waals surface area contributed by atoms with E-state index < -0.39 is 0 Å². The van der Waals surface area contributed by atoms with E-state index in [9.17, 15) is 0 Å². The number of hydrogen-bond donors (Lipinski definition) is 0. The van der Waals surface area contributed by atoms with E-state index in [1.54, 1.807) is 0 Å². The van der Waals surface area contributed by atoms with E-state index in [0.717, 1.165) is 33.4 Å². The summed E-state index contributed by atoms with van der Waals surface area (Å²) >= 11 is 24.4. The molecule has 1 atom stereocenters. The van der Waals surface area contributed by atoms with Crippen molar-refractivity contribution in [3.63, 3.8) is 0 Å². The largest absolute Gasteiger partial charge is 0.490 e. The highest BCUT2D eigenvalue weighted by Crippen LogP contribution is 2.48. The molecule has 0 unspecified atom stereocenters. The third kappa shape index (κ3) is 4.43. The molecule has 1 aromatic rings. The lowest BCUT2D eigenvalue weighted by Gasteiger charge is -2.16. The summed E-state index contributed by atoms with van der Waals surface area (Å²) in [5.74, 6) is 0.761. The summed E-state index contributed by atoms with van der Waals surface area (Å²) in [7, 11) is 0. The highest BCUT2D eigenvalue weighted by Gasteiger charge is 2.19. The fourth-order valence-electron chi connectivity index (χ4n) is 0.930. The van der Waals surface area contributed by atoms with Crippen LogP contribution in [0, 0.1) is 0 Å². The van der Waals surface area contributed by atoms with Crippen LogP contribution < -0.4 is 4.74 Å². The molecule has 17 heavy (non-hydrogen) atoms. The number of ether oxygens (including phenoxy) is 1. The number of hydrogen-bond acceptors (Lipinski definition) is 1. The van der Waals surface area contributed by atoms with Crippen LogP contribution in [-0.2, 0) is 0 Å². The average molecular weight is 688 g/mol. The summed E-state index contributed by atoms with van der Waals surface area (Å²) in [5, 5.41) is 0.834. The Bertz CT molecular complexity index is 391. The number of benzene rings is 1. The molecule has 0 bridgehead atoms. The van der Waals surface area contributed by atoms with Gasteiger partial charge in [-0.15, -0.1) is 0 Å². The highest BCUT2D eigenvalue weighted by molar-refractivity contribution is 9.16. The molecule has 8 heteroatoms. The minimum atomic E-state index is 0.266. The van der Waals surface area contributed by atoms with Gasteiger partial charge >= 0.3 is 0 Å². The fourth-order valence-corrected chi connectivity index (χ4v) is 4.49. The lowest BCUT2D eigenvalue weighted by Crippen LogP contribution is -2.13. The molecule has 0 aliphatic rings. The lowest BCUT2D eigenvalue weighted by atomic mass is 10.3. The van der Waals surface area contributed by atoms with Gasteiger partial charge in [0.05, 0.1) is 22.7 Å². The van der Waals surface area contributed by atoms with Crippen molar-refractivity contribution < 1.29 is 4.74 Å². The first kappa shape index (κ1) is 17.4. The average Bonchev–Trinajstić information content (AvgIpc) is 2.33. The van der Waals surface area contributed by atoms with Gasteiger partial charge in [-0.05, 0) is 79.6 Å². The molecule has 0 radical (unpaired) electrons. The van der Waals surface area contributed by atoms with E-state index in [-0.39, 0.29) is 4.83 Å². The molecule has 0 aromatic heterocycles. The zero-order valence-corrected chi connectivity index (χ0v) is 19.1. The second-order valence-corrected chi connectivity index (χ2v) is 8.87. The van der Waals surface area contributed by atoms with E-state index >= 15 is 0 Å². The predicted octanol–water partition coefficient (Wildman–Crippen LogP) is 7.04. The molecule has 1 aromatic carbocycles. The summed E-state index contributed by atoms with van der Waals surface area (Å²) in [6.45, 7) is 0.572. The number of alkyl halides is 2. The molecule has 1 rings (SSSR count). The fraction of sp³-hybridized carbons (Fsp3) is 0.333. The first-order valence-corrected chi connectivity index (χ1v) is 10.2. The van der Waals surface area contributed by atoms with Crippen molar-refractivity contribution in [3.05, 3.63) is 22.4 Å². The first-order chi connectivity index (χ1) is 7.90. The van der Waals surface area contributed by atoms with Crippen molar-refractivity contribution in [3.8, 4) is 5.75 Å². The van der Waals surface area contributed by atoms with Gasteiger partial charge < -0.3 is 4.74 Å². The van der Waals surface area contributed by atoms with Gasteiger partial charge in [0.1, 0.15) is 12.4 Å². The smallest absolute Gasteiger partial charge is 0.150 e. The summed E-state index contributed by atoms with van der Waals surface area (Å²) in [5.41, 5.74) is 0. The molecule has 0 aliphatic carbocycles. The van der Waals surface area contributed by atoms with Gasteiger partial charge in [0, 0.05) is 9.80 Å². The van der Waals surface area contributed by atoms with E-state index in [0.29, 0.717) is 6.61 Å². The van der Waals surface area contributed by atoms with Crippen LogP contribution >= 0.6 is 112 Å². The predicted molar refractivity (Wildman–Crippen MR) is 96.9 cm³/mol. The van der Waals surface area contributed by atoms with E-state index in [2.05, 4.69) is 112 Å². The Labute approximate surface area is 159 Å². The molecule has 1 nitrogen and oxygen atoms in total. The van der Waals surface area contributed by atoms with Crippen molar-refractivity contribution in [2.75, 3.05) is 11.9 Å². The number of halogens is 7. The molecule has 96 valence electrons. The lowest BCUT2D eigenvalue weighted by molar-refractivity contribution is 0.321. The Morgan fingerprint density at radius 1 is 0.824 bits per heavy atom. The van der Waals surface area contributed by atoms with Crippen LogP contribution in [0.3, 0.4) is 0 Å². The molecule has 0 amide bonds. The quantitative estimate of drug-likeness (QED) is 0.188. The van der Waals surface area contributed by atoms with Gasteiger partial charge in [-0.2, -0.15) is 0 Å². The Kier molecular flexibility index (Phi) is 8.18. The maximum atomic E-state index is 5.79. The third-order valence-electron chi connectivity index (χ3n) is 1.75. The van der Waals surface area contributed by atoms with Crippen molar-refractivity contribution in [2.45, 2.75) is 4.83 Å². The van der Waals surface area contributed by atoms with Gasteiger partial charge in [-0.1, -0.05) is 31.9 Å². The van der Waals surface area contributed by atoms with Crippen LogP contribution in [0.2, 0.25) is 0 Å². The topological polar surface area (TPSA) is 9.23 Å². The normalized spacial score (nSPS) is 12.6. The van der Waals surface area contributed by atoms with Gasteiger partial charge in [0.15, 0.2) is 0 Å². The van der Waals surface area contributed by atoms with Gasteiger partial charge in [0.2, 0.25) is 0 Å².